The number of hydrogen-bond acceptors (Lipinski definition) is 2. The molecule has 0 fully saturated rings. The van der Waals surface area contributed by atoms with Crippen molar-refractivity contribution in [3.05, 3.63) is 65.4 Å². The Balaban J connectivity index is 1.87. The van der Waals surface area contributed by atoms with Crippen LogP contribution < -0.4 is 4.67 Å². The van der Waals surface area contributed by atoms with Gasteiger partial charge in [0.05, 0.1) is 16.8 Å². The van der Waals surface area contributed by atoms with Crippen LogP contribution in [0.5, 0.6) is 0 Å². The van der Waals surface area contributed by atoms with Crippen molar-refractivity contribution in [2.24, 2.45) is 4.99 Å². The van der Waals surface area contributed by atoms with Gasteiger partial charge in [-0.15, -0.1) is 0 Å². The van der Waals surface area contributed by atoms with Crippen LogP contribution in [0.3, 0.4) is 0 Å². The number of aromatic nitrogens is 1. The molecule has 3 heteroatoms. The number of hydrogen-bond donors (Lipinski definition) is 0. The van der Waals surface area contributed by atoms with Gasteiger partial charge in [0.1, 0.15) is 5.71 Å². The first-order valence-electron chi connectivity index (χ1n) is 7.44. The standard InChI is InChI=1S/C19H16N3/c1-12-5-3-6-14(9-12)18-16(7-4-8-20-18)17-11-15-10-13(2)21-19(15)22-17/h3-9,11H,10H2,1-2H3/q+1. The van der Waals surface area contributed by atoms with E-state index in [1.54, 1.807) is 0 Å². The number of rotatable bonds is 2. The summed E-state index contributed by atoms with van der Waals surface area (Å²) >= 11 is 0. The van der Waals surface area contributed by atoms with Gasteiger partial charge in [-0.05, 0) is 37.0 Å². The summed E-state index contributed by atoms with van der Waals surface area (Å²) in [6, 6.07) is 12.5. The summed E-state index contributed by atoms with van der Waals surface area (Å²) in [6.07, 6.45) is 4.88. The van der Waals surface area contributed by atoms with Crippen LogP contribution in [-0.4, -0.2) is 22.2 Å². The number of nitrogens with zero attached hydrogens (tertiary/aromatic N) is 3. The molecule has 2 aromatic rings. The minimum Gasteiger partial charge on any atom is -0.255 e. The van der Waals surface area contributed by atoms with E-state index in [1.165, 1.54) is 11.1 Å². The molecule has 0 bridgehead atoms. The first-order valence-corrected chi connectivity index (χ1v) is 7.44. The van der Waals surface area contributed by atoms with E-state index in [4.69, 9.17) is 4.67 Å². The molecule has 22 heavy (non-hydrogen) atoms. The first-order chi connectivity index (χ1) is 10.7. The molecule has 106 valence electrons. The quantitative estimate of drug-likeness (QED) is 0.782. The van der Waals surface area contributed by atoms with Crippen molar-refractivity contribution in [2.75, 3.05) is 0 Å². The minimum atomic E-state index is 0.867. The van der Waals surface area contributed by atoms with Gasteiger partial charge in [0, 0.05) is 24.3 Å². The van der Waals surface area contributed by atoms with E-state index < -0.39 is 0 Å². The minimum absolute atomic E-state index is 0.867. The SMILES string of the molecule is CC1=NC2=[N+]=C(c3cccnc3-c3cccc(C)c3)C=C2C1. The van der Waals surface area contributed by atoms with Gasteiger partial charge < -0.3 is 0 Å². The molecule has 0 aliphatic carbocycles. The second kappa shape index (κ2) is 4.90. The Morgan fingerprint density at radius 2 is 2.00 bits per heavy atom. The third kappa shape index (κ3) is 2.12. The Hall–Kier alpha value is -2.77. The zero-order valence-corrected chi connectivity index (χ0v) is 12.7. The lowest BCUT2D eigenvalue weighted by Crippen LogP contribution is -2.03. The molecule has 0 N–H and O–H groups in total. The summed E-state index contributed by atoms with van der Waals surface area (Å²) in [4.78, 5) is 9.09. The average molecular weight is 286 g/mol. The number of aryl methyl sites for hydroxylation is 1. The summed E-state index contributed by atoms with van der Waals surface area (Å²) in [5, 5.41) is 0. The van der Waals surface area contributed by atoms with Crippen LogP contribution in [-0.2, 0) is 0 Å². The molecule has 1 aromatic carbocycles. The molecule has 0 spiro atoms. The predicted molar refractivity (Wildman–Crippen MR) is 91.5 cm³/mol. The number of amidine groups is 1. The molecule has 2 aliphatic rings. The molecular weight excluding hydrogens is 270 g/mol. The maximum Gasteiger partial charge on any atom is 0.419 e. The molecule has 4 rings (SSSR count). The fourth-order valence-corrected chi connectivity index (χ4v) is 2.94. The highest BCUT2D eigenvalue weighted by Gasteiger charge is 2.33. The number of allylic oxidation sites excluding steroid dienone is 1. The fraction of sp³-hybridized carbons (Fsp3) is 0.158. The van der Waals surface area contributed by atoms with Gasteiger partial charge in [-0.25, -0.2) is 0 Å². The summed E-state index contributed by atoms with van der Waals surface area (Å²) in [5.41, 5.74) is 7.70. The van der Waals surface area contributed by atoms with Gasteiger partial charge in [-0.1, -0.05) is 23.8 Å². The predicted octanol–water partition coefficient (Wildman–Crippen LogP) is 3.12. The zero-order chi connectivity index (χ0) is 15.1. The second-order valence-corrected chi connectivity index (χ2v) is 5.78. The highest BCUT2D eigenvalue weighted by Crippen LogP contribution is 2.25. The summed E-state index contributed by atoms with van der Waals surface area (Å²) in [6.45, 7) is 4.14. The number of fused-ring (bicyclic) bond motifs is 1. The van der Waals surface area contributed by atoms with Crippen molar-refractivity contribution in [3.8, 4) is 11.3 Å². The Bertz CT molecular complexity index is 910. The lowest BCUT2D eigenvalue weighted by molar-refractivity contribution is 1.30. The van der Waals surface area contributed by atoms with Crippen LogP contribution >= 0.6 is 0 Å². The summed E-state index contributed by atoms with van der Waals surface area (Å²) in [5.74, 6) is 0.867. The van der Waals surface area contributed by atoms with Gasteiger partial charge in [0.15, 0.2) is 0 Å². The fourth-order valence-electron chi connectivity index (χ4n) is 2.94. The van der Waals surface area contributed by atoms with E-state index >= 15 is 0 Å². The normalized spacial score (nSPS) is 15.9. The molecule has 3 heterocycles. The van der Waals surface area contributed by atoms with Crippen molar-refractivity contribution in [1.82, 2.24) is 9.65 Å². The van der Waals surface area contributed by atoms with Crippen LogP contribution in [0.2, 0.25) is 0 Å². The van der Waals surface area contributed by atoms with E-state index in [1.807, 2.05) is 19.2 Å². The molecule has 0 saturated carbocycles. The van der Waals surface area contributed by atoms with Crippen LogP contribution in [0.15, 0.2) is 59.2 Å². The van der Waals surface area contributed by atoms with Crippen LogP contribution in [0.25, 0.3) is 11.3 Å². The van der Waals surface area contributed by atoms with E-state index in [0.29, 0.717) is 0 Å². The van der Waals surface area contributed by atoms with E-state index in [9.17, 15) is 0 Å². The van der Waals surface area contributed by atoms with Crippen molar-refractivity contribution in [1.29, 1.82) is 0 Å². The highest BCUT2D eigenvalue weighted by atomic mass is 14.9. The maximum atomic E-state index is 4.69. The second-order valence-electron chi connectivity index (χ2n) is 5.78. The molecule has 0 amide bonds. The maximum absolute atomic E-state index is 4.69. The molecule has 0 radical (unpaired) electrons. The van der Waals surface area contributed by atoms with Crippen molar-refractivity contribution < 1.29 is 0 Å². The third-order valence-electron chi connectivity index (χ3n) is 3.94. The Morgan fingerprint density at radius 1 is 1.09 bits per heavy atom. The van der Waals surface area contributed by atoms with Gasteiger partial charge in [0.2, 0.25) is 5.71 Å². The molecule has 0 unspecified atom stereocenters. The molecule has 0 saturated heterocycles. The Kier molecular flexibility index (Phi) is 2.88. The third-order valence-corrected chi connectivity index (χ3v) is 3.94. The smallest absolute Gasteiger partial charge is 0.255 e. The van der Waals surface area contributed by atoms with E-state index in [2.05, 4.69) is 53.3 Å². The topological polar surface area (TPSA) is 39.4 Å². The Labute approximate surface area is 129 Å². The van der Waals surface area contributed by atoms with Crippen LogP contribution in [0.4, 0.5) is 0 Å². The van der Waals surface area contributed by atoms with Crippen LogP contribution in [0.1, 0.15) is 24.5 Å². The van der Waals surface area contributed by atoms with Crippen LogP contribution in [0, 0.1) is 6.92 Å². The first kappa shape index (κ1) is 12.9. The highest BCUT2D eigenvalue weighted by molar-refractivity contribution is 6.26. The molecule has 2 aliphatic heterocycles. The average Bonchev–Trinajstić information content (AvgIpc) is 3.04. The van der Waals surface area contributed by atoms with Gasteiger partial charge in [-0.3, -0.25) is 4.98 Å². The Morgan fingerprint density at radius 3 is 2.82 bits per heavy atom. The molecule has 0 atom stereocenters. The van der Waals surface area contributed by atoms with Gasteiger partial charge in [-0.2, -0.15) is 4.67 Å². The largest absolute Gasteiger partial charge is 0.419 e. The van der Waals surface area contributed by atoms with E-state index in [0.717, 1.165) is 40.5 Å². The monoisotopic (exact) mass is 286 g/mol. The lowest BCUT2D eigenvalue weighted by Gasteiger charge is -2.05. The number of benzene rings is 1. The molecular formula is C19H16N3+. The van der Waals surface area contributed by atoms with E-state index in [-0.39, 0.29) is 0 Å². The number of pyridine rings is 1. The molecule has 3 nitrogen and oxygen atoms in total. The van der Waals surface area contributed by atoms with Crippen molar-refractivity contribution in [3.63, 3.8) is 0 Å². The summed E-state index contributed by atoms with van der Waals surface area (Å²) in [7, 11) is 0. The van der Waals surface area contributed by atoms with Gasteiger partial charge in [0.25, 0.3) is 0 Å². The summed E-state index contributed by atoms with van der Waals surface area (Å²) < 4.78 is 4.69. The van der Waals surface area contributed by atoms with Gasteiger partial charge >= 0.3 is 5.84 Å². The van der Waals surface area contributed by atoms with Crippen molar-refractivity contribution in [2.45, 2.75) is 20.3 Å². The number of aliphatic imine (C=N–C) groups is 1. The van der Waals surface area contributed by atoms with Crippen molar-refractivity contribution >= 4 is 17.3 Å². The zero-order valence-electron chi connectivity index (χ0n) is 12.7. The molecule has 1 aromatic heterocycles. The lowest BCUT2D eigenvalue weighted by atomic mass is 10.00.